The predicted molar refractivity (Wildman–Crippen MR) is 63.8 cm³/mol. The molecule has 1 saturated carbocycles. The van der Waals surface area contributed by atoms with Gasteiger partial charge in [-0.15, -0.1) is 0 Å². The number of ether oxygens (including phenoxy) is 1. The minimum Gasteiger partial charge on any atom is -0.493 e. The molecule has 0 atom stereocenters. The number of hydrogen-bond donors (Lipinski definition) is 0. The summed E-state index contributed by atoms with van der Waals surface area (Å²) in [7, 11) is 0. The van der Waals surface area contributed by atoms with Crippen molar-refractivity contribution in [1.29, 1.82) is 0 Å². The molecule has 16 heavy (non-hydrogen) atoms. The Labute approximate surface area is 96.6 Å². The van der Waals surface area contributed by atoms with Crippen LogP contribution in [0.5, 0.6) is 5.75 Å². The van der Waals surface area contributed by atoms with E-state index in [-0.39, 0.29) is 5.78 Å². The van der Waals surface area contributed by atoms with Crippen LogP contribution in [0.1, 0.15) is 30.9 Å². The van der Waals surface area contributed by atoms with E-state index in [2.05, 4.69) is 0 Å². The van der Waals surface area contributed by atoms with Crippen LogP contribution in [0.3, 0.4) is 0 Å². The minimum atomic E-state index is 0.182. The van der Waals surface area contributed by atoms with Crippen molar-refractivity contribution in [3.05, 3.63) is 29.3 Å². The average Bonchev–Trinajstić information content (AvgIpc) is 2.99. The second-order valence-electron chi connectivity index (χ2n) is 4.74. The van der Waals surface area contributed by atoms with Crippen molar-refractivity contribution in [3.8, 4) is 5.75 Å². The molecule has 0 N–H and O–H groups in total. The van der Waals surface area contributed by atoms with Gasteiger partial charge in [0.1, 0.15) is 11.5 Å². The van der Waals surface area contributed by atoms with Crippen LogP contribution in [-0.4, -0.2) is 12.4 Å². The molecule has 86 valence electrons. The van der Waals surface area contributed by atoms with Gasteiger partial charge in [-0.3, -0.25) is 4.79 Å². The zero-order valence-corrected chi connectivity index (χ0v) is 9.95. The summed E-state index contributed by atoms with van der Waals surface area (Å²) in [5, 5.41) is 0. The van der Waals surface area contributed by atoms with Gasteiger partial charge < -0.3 is 4.74 Å². The Morgan fingerprint density at radius 2 is 2.19 bits per heavy atom. The molecule has 0 spiro atoms. The first kappa shape index (κ1) is 11.2. The first-order valence-electron chi connectivity index (χ1n) is 5.87. The summed E-state index contributed by atoms with van der Waals surface area (Å²) < 4.78 is 5.76. The lowest BCUT2D eigenvalue weighted by atomic mass is 10.1. The number of ketones is 1. The van der Waals surface area contributed by atoms with Crippen LogP contribution in [0.25, 0.3) is 0 Å². The Hall–Kier alpha value is -1.31. The van der Waals surface area contributed by atoms with Gasteiger partial charge in [0.05, 0.1) is 6.61 Å². The van der Waals surface area contributed by atoms with Crippen molar-refractivity contribution in [2.24, 2.45) is 5.92 Å². The van der Waals surface area contributed by atoms with Crippen LogP contribution >= 0.6 is 0 Å². The molecule has 0 saturated heterocycles. The summed E-state index contributed by atoms with van der Waals surface area (Å²) in [4.78, 5) is 11.2. The van der Waals surface area contributed by atoms with E-state index in [4.69, 9.17) is 4.74 Å². The molecule has 1 aliphatic rings. The fraction of sp³-hybridized carbons (Fsp3) is 0.500. The van der Waals surface area contributed by atoms with Crippen molar-refractivity contribution in [1.82, 2.24) is 0 Å². The van der Waals surface area contributed by atoms with Gasteiger partial charge in [0, 0.05) is 12.0 Å². The van der Waals surface area contributed by atoms with Gasteiger partial charge in [-0.05, 0) is 38.7 Å². The summed E-state index contributed by atoms with van der Waals surface area (Å²) in [6.45, 7) is 4.45. The molecule has 0 radical (unpaired) electrons. The number of hydrogen-bond acceptors (Lipinski definition) is 2. The number of Topliss-reactive ketones (excluding diaryl/α,β-unsaturated/α-hetero) is 1. The highest BCUT2D eigenvalue weighted by Gasteiger charge is 2.22. The molecule has 2 rings (SSSR count). The highest BCUT2D eigenvalue weighted by Crippen LogP contribution is 2.30. The van der Waals surface area contributed by atoms with E-state index in [9.17, 15) is 4.79 Å². The lowest BCUT2D eigenvalue weighted by Crippen LogP contribution is -2.04. The Balaban J connectivity index is 2.09. The van der Waals surface area contributed by atoms with E-state index in [1.54, 1.807) is 6.92 Å². The molecule has 0 bridgehead atoms. The average molecular weight is 218 g/mol. The molecule has 0 amide bonds. The van der Waals surface area contributed by atoms with Gasteiger partial charge in [-0.2, -0.15) is 0 Å². The highest BCUT2D eigenvalue weighted by atomic mass is 16.5. The minimum absolute atomic E-state index is 0.182. The molecule has 1 aliphatic carbocycles. The monoisotopic (exact) mass is 218 g/mol. The smallest absolute Gasteiger partial charge is 0.134 e. The zero-order chi connectivity index (χ0) is 11.5. The lowest BCUT2D eigenvalue weighted by Gasteiger charge is -2.11. The molecule has 2 nitrogen and oxygen atoms in total. The number of aryl methyl sites for hydroxylation is 1. The largest absolute Gasteiger partial charge is 0.493 e. The quantitative estimate of drug-likeness (QED) is 0.759. The normalized spacial score (nSPS) is 14.9. The third kappa shape index (κ3) is 3.09. The number of rotatable bonds is 5. The topological polar surface area (TPSA) is 26.3 Å². The van der Waals surface area contributed by atoms with Crippen molar-refractivity contribution >= 4 is 5.78 Å². The second-order valence-corrected chi connectivity index (χ2v) is 4.74. The molecule has 0 aliphatic heterocycles. The van der Waals surface area contributed by atoms with Crippen LogP contribution in [0, 0.1) is 12.8 Å². The SMILES string of the molecule is CC(=O)Cc1cc(C)ccc1OCC1CC1. The van der Waals surface area contributed by atoms with Gasteiger partial charge in [-0.1, -0.05) is 17.7 Å². The van der Waals surface area contributed by atoms with Crippen LogP contribution in [-0.2, 0) is 11.2 Å². The van der Waals surface area contributed by atoms with Crippen molar-refractivity contribution < 1.29 is 9.53 Å². The fourth-order valence-electron chi connectivity index (χ4n) is 1.75. The highest BCUT2D eigenvalue weighted by molar-refractivity contribution is 5.79. The van der Waals surface area contributed by atoms with Gasteiger partial charge >= 0.3 is 0 Å². The van der Waals surface area contributed by atoms with E-state index in [1.807, 2.05) is 25.1 Å². The molecule has 1 aromatic rings. The van der Waals surface area contributed by atoms with Gasteiger partial charge in [0.25, 0.3) is 0 Å². The Bertz CT molecular complexity index is 392. The second kappa shape index (κ2) is 4.69. The summed E-state index contributed by atoms with van der Waals surface area (Å²) in [5.41, 5.74) is 2.20. The molecule has 0 unspecified atom stereocenters. The summed E-state index contributed by atoms with van der Waals surface area (Å²) in [6.07, 6.45) is 3.05. The molecular weight excluding hydrogens is 200 g/mol. The molecule has 0 aromatic heterocycles. The Kier molecular flexibility index (Phi) is 3.28. The standard InChI is InChI=1S/C14H18O2/c1-10-3-6-14(16-9-12-4-5-12)13(7-10)8-11(2)15/h3,6-7,12H,4-5,8-9H2,1-2H3. The summed E-state index contributed by atoms with van der Waals surface area (Å²) >= 11 is 0. The maximum Gasteiger partial charge on any atom is 0.134 e. The number of carbonyl (C=O) groups excluding carboxylic acids is 1. The lowest BCUT2D eigenvalue weighted by molar-refractivity contribution is -0.116. The van der Waals surface area contributed by atoms with E-state index in [1.165, 1.54) is 18.4 Å². The van der Waals surface area contributed by atoms with Crippen LogP contribution < -0.4 is 4.74 Å². The maximum absolute atomic E-state index is 11.2. The maximum atomic E-state index is 11.2. The van der Waals surface area contributed by atoms with Crippen molar-refractivity contribution in [2.75, 3.05) is 6.61 Å². The number of benzene rings is 1. The fourth-order valence-corrected chi connectivity index (χ4v) is 1.75. The molecule has 0 heterocycles. The third-order valence-electron chi connectivity index (χ3n) is 2.83. The van der Waals surface area contributed by atoms with E-state index in [0.29, 0.717) is 6.42 Å². The zero-order valence-electron chi connectivity index (χ0n) is 9.95. The molecule has 2 heteroatoms. The molecule has 1 aromatic carbocycles. The van der Waals surface area contributed by atoms with Gasteiger partial charge in [0.2, 0.25) is 0 Å². The van der Waals surface area contributed by atoms with Crippen LogP contribution in [0.15, 0.2) is 18.2 Å². The molecule has 1 fully saturated rings. The van der Waals surface area contributed by atoms with Crippen LogP contribution in [0.4, 0.5) is 0 Å². The van der Waals surface area contributed by atoms with E-state index < -0.39 is 0 Å². The number of carbonyl (C=O) groups is 1. The van der Waals surface area contributed by atoms with E-state index >= 15 is 0 Å². The van der Waals surface area contributed by atoms with Gasteiger partial charge in [0.15, 0.2) is 0 Å². The first-order valence-corrected chi connectivity index (χ1v) is 5.87. The summed E-state index contributed by atoms with van der Waals surface area (Å²) in [6, 6.07) is 6.06. The Morgan fingerprint density at radius 1 is 1.44 bits per heavy atom. The molecular formula is C14H18O2. The Morgan fingerprint density at radius 3 is 2.81 bits per heavy atom. The van der Waals surface area contributed by atoms with E-state index in [0.717, 1.165) is 23.8 Å². The first-order chi connectivity index (χ1) is 7.65. The van der Waals surface area contributed by atoms with Crippen molar-refractivity contribution in [2.45, 2.75) is 33.1 Å². The van der Waals surface area contributed by atoms with Crippen molar-refractivity contribution in [3.63, 3.8) is 0 Å². The predicted octanol–water partition coefficient (Wildman–Crippen LogP) is 2.92. The summed E-state index contributed by atoms with van der Waals surface area (Å²) in [5.74, 6) is 1.81. The third-order valence-corrected chi connectivity index (χ3v) is 2.83. The van der Waals surface area contributed by atoms with Gasteiger partial charge in [-0.25, -0.2) is 0 Å². The van der Waals surface area contributed by atoms with Crippen LogP contribution in [0.2, 0.25) is 0 Å².